The summed E-state index contributed by atoms with van der Waals surface area (Å²) in [5, 5.41) is 16.8. The second-order valence-corrected chi connectivity index (χ2v) is 8.61. The van der Waals surface area contributed by atoms with Crippen molar-refractivity contribution >= 4 is 45.0 Å². The molecule has 0 radical (unpaired) electrons. The van der Waals surface area contributed by atoms with Crippen LogP contribution in [0.1, 0.15) is 40.7 Å². The summed E-state index contributed by atoms with van der Waals surface area (Å²) >= 11 is 1.19. The Morgan fingerprint density at radius 1 is 1.09 bits per heavy atom. The molecule has 0 saturated carbocycles. The summed E-state index contributed by atoms with van der Waals surface area (Å²) in [4.78, 5) is 51.2. The third kappa shape index (κ3) is 4.69. The smallest absolute Gasteiger partial charge is 0.357 e. The van der Waals surface area contributed by atoms with Crippen molar-refractivity contribution in [2.24, 2.45) is 0 Å². The monoisotopic (exact) mass is 491 g/mol. The van der Waals surface area contributed by atoms with E-state index < -0.39 is 29.4 Å². The number of nitrogens with one attached hydrogen (secondary N) is 1. The van der Waals surface area contributed by atoms with Gasteiger partial charge in [-0.2, -0.15) is 5.10 Å². The van der Waals surface area contributed by atoms with Crippen LogP contribution < -0.4 is 10.9 Å². The summed E-state index contributed by atoms with van der Waals surface area (Å²) in [5.74, 6) is -2.56. The van der Waals surface area contributed by atoms with Crippen LogP contribution in [0.25, 0.3) is 21.2 Å². The lowest BCUT2D eigenvalue weighted by Gasteiger charge is -2.15. The zero-order valence-electron chi connectivity index (χ0n) is 18.8. The Labute approximate surface area is 203 Å². The van der Waals surface area contributed by atoms with Crippen LogP contribution in [0.5, 0.6) is 0 Å². The summed E-state index contributed by atoms with van der Waals surface area (Å²) in [5.41, 5.74) is 0.0981. The first kappa shape index (κ1) is 23.8. The minimum atomic E-state index is -1.32. The fourth-order valence-electron chi connectivity index (χ4n) is 3.54. The van der Waals surface area contributed by atoms with E-state index in [0.717, 1.165) is 15.1 Å². The second-order valence-electron chi connectivity index (χ2n) is 7.55. The second kappa shape index (κ2) is 9.90. The van der Waals surface area contributed by atoms with Gasteiger partial charge in [0.1, 0.15) is 11.0 Å². The molecule has 4 aromatic rings. The van der Waals surface area contributed by atoms with Gasteiger partial charge in [0, 0.05) is 10.3 Å². The van der Waals surface area contributed by atoms with E-state index in [1.807, 2.05) is 30.3 Å². The van der Waals surface area contributed by atoms with Gasteiger partial charge < -0.3 is 15.2 Å². The van der Waals surface area contributed by atoms with E-state index >= 15 is 0 Å². The quantitative estimate of drug-likeness (QED) is 0.371. The van der Waals surface area contributed by atoms with E-state index in [-0.39, 0.29) is 33.6 Å². The minimum Gasteiger partial charge on any atom is -0.476 e. The molecule has 2 aromatic carbocycles. The van der Waals surface area contributed by atoms with E-state index in [1.54, 1.807) is 25.1 Å². The number of carboxylic acids is 1. The van der Waals surface area contributed by atoms with Crippen LogP contribution in [0.15, 0.2) is 65.5 Å². The van der Waals surface area contributed by atoms with E-state index in [1.165, 1.54) is 30.4 Å². The lowest BCUT2D eigenvalue weighted by Crippen LogP contribution is -2.35. The summed E-state index contributed by atoms with van der Waals surface area (Å²) in [6, 6.07) is 16.0. The molecule has 4 rings (SSSR count). The van der Waals surface area contributed by atoms with Gasteiger partial charge in [-0.1, -0.05) is 48.5 Å². The molecule has 1 amide bonds. The molecule has 1 atom stereocenters. The topological polar surface area (TPSA) is 128 Å². The molecule has 178 valence electrons. The number of hydrogen-bond donors (Lipinski definition) is 2. The highest BCUT2D eigenvalue weighted by molar-refractivity contribution is 7.20. The first-order valence-electron chi connectivity index (χ1n) is 10.7. The van der Waals surface area contributed by atoms with Gasteiger partial charge in [0.2, 0.25) is 5.91 Å². The van der Waals surface area contributed by atoms with E-state index in [0.29, 0.717) is 0 Å². The molecule has 0 saturated heterocycles. The highest BCUT2D eigenvalue weighted by Gasteiger charge is 2.25. The first-order valence-corrected chi connectivity index (χ1v) is 11.6. The zero-order chi connectivity index (χ0) is 25.1. The number of carboxylic acid groups (broad SMARTS) is 1. The number of rotatable bonds is 7. The molecule has 0 aliphatic carbocycles. The maximum Gasteiger partial charge on any atom is 0.357 e. The van der Waals surface area contributed by atoms with E-state index in [2.05, 4.69) is 10.4 Å². The van der Waals surface area contributed by atoms with Crippen molar-refractivity contribution in [2.45, 2.75) is 19.9 Å². The maximum atomic E-state index is 13.2. The fourth-order valence-corrected chi connectivity index (χ4v) is 4.60. The van der Waals surface area contributed by atoms with E-state index in [4.69, 9.17) is 4.74 Å². The molecule has 0 aliphatic rings. The van der Waals surface area contributed by atoms with E-state index in [9.17, 15) is 24.3 Å². The number of esters is 1. The van der Waals surface area contributed by atoms with Crippen molar-refractivity contribution in [3.63, 3.8) is 0 Å². The Balaban J connectivity index is 1.72. The third-order valence-corrected chi connectivity index (χ3v) is 6.40. The summed E-state index contributed by atoms with van der Waals surface area (Å²) in [7, 11) is 0. The molecule has 0 aliphatic heterocycles. The van der Waals surface area contributed by atoms with Crippen molar-refractivity contribution in [3.8, 4) is 10.4 Å². The minimum absolute atomic E-state index is 0.134. The molecule has 2 N–H and O–H groups in total. The van der Waals surface area contributed by atoms with Gasteiger partial charge in [-0.25, -0.2) is 14.3 Å². The number of anilines is 1. The molecule has 10 heteroatoms. The average Bonchev–Trinajstić information content (AvgIpc) is 3.28. The summed E-state index contributed by atoms with van der Waals surface area (Å²) < 4.78 is 5.98. The van der Waals surface area contributed by atoms with Crippen LogP contribution in [0.3, 0.4) is 0 Å². The molecule has 9 nitrogen and oxygen atoms in total. The summed E-state index contributed by atoms with van der Waals surface area (Å²) in [6.45, 7) is 3.27. The number of carbonyl (C=O) groups excluding carboxylic acids is 2. The van der Waals surface area contributed by atoms with Crippen LogP contribution in [-0.2, 0) is 9.53 Å². The highest BCUT2D eigenvalue weighted by Crippen LogP contribution is 2.36. The lowest BCUT2D eigenvalue weighted by atomic mass is 10.1. The van der Waals surface area contributed by atoms with Gasteiger partial charge in [-0.3, -0.25) is 9.59 Å². The number of hydrogen-bond acceptors (Lipinski definition) is 7. The van der Waals surface area contributed by atoms with Gasteiger partial charge in [-0.15, -0.1) is 11.3 Å². The normalized spacial score (nSPS) is 11.7. The SMILES string of the molecule is CCOC(=O)c1cc(-c2ccccc2)sc1NC(=O)C(C)n1nc(C(=O)O)c2ccccc2c1=O. The van der Waals surface area contributed by atoms with Gasteiger partial charge in [0.25, 0.3) is 5.56 Å². The molecule has 2 aromatic heterocycles. The lowest BCUT2D eigenvalue weighted by molar-refractivity contribution is -0.119. The number of nitrogens with zero attached hydrogens (tertiary/aromatic N) is 2. The zero-order valence-corrected chi connectivity index (χ0v) is 19.7. The van der Waals surface area contributed by atoms with Gasteiger partial charge in [0.15, 0.2) is 5.69 Å². The highest BCUT2D eigenvalue weighted by atomic mass is 32.1. The van der Waals surface area contributed by atoms with Crippen molar-refractivity contribution in [2.75, 3.05) is 11.9 Å². The average molecular weight is 492 g/mol. The molecular weight excluding hydrogens is 470 g/mol. The Morgan fingerprint density at radius 3 is 2.40 bits per heavy atom. The summed E-state index contributed by atoms with van der Waals surface area (Å²) in [6.07, 6.45) is 0. The van der Waals surface area contributed by atoms with Crippen LogP contribution in [0.2, 0.25) is 0 Å². The van der Waals surface area contributed by atoms with Crippen LogP contribution in [0.4, 0.5) is 5.00 Å². The first-order chi connectivity index (χ1) is 16.8. The van der Waals surface area contributed by atoms with Crippen LogP contribution >= 0.6 is 11.3 Å². The predicted molar refractivity (Wildman–Crippen MR) is 132 cm³/mol. The molecule has 2 heterocycles. The number of thiophene rings is 1. The number of amides is 1. The Kier molecular flexibility index (Phi) is 6.74. The van der Waals surface area contributed by atoms with Gasteiger partial charge >= 0.3 is 11.9 Å². The van der Waals surface area contributed by atoms with Gasteiger partial charge in [0.05, 0.1) is 17.6 Å². The molecule has 0 spiro atoms. The van der Waals surface area contributed by atoms with Crippen molar-refractivity contribution in [1.82, 2.24) is 9.78 Å². The molecule has 0 fully saturated rings. The number of benzene rings is 2. The standard InChI is InChI=1S/C25H21N3O6S/c1-3-34-25(33)18-13-19(15-9-5-4-6-10-15)35-22(18)26-21(29)14(2)28-23(30)17-12-8-7-11-16(17)20(27-28)24(31)32/h4-14H,3H2,1-2H3,(H,26,29)(H,31,32). The van der Waals surface area contributed by atoms with Crippen molar-refractivity contribution in [3.05, 3.63) is 82.3 Å². The third-order valence-electron chi connectivity index (χ3n) is 5.30. The predicted octanol–water partition coefficient (Wildman–Crippen LogP) is 4.20. The van der Waals surface area contributed by atoms with Gasteiger partial charge in [-0.05, 0) is 31.5 Å². The van der Waals surface area contributed by atoms with Crippen LogP contribution in [0, 0.1) is 0 Å². The van der Waals surface area contributed by atoms with Crippen molar-refractivity contribution < 1.29 is 24.2 Å². The molecule has 35 heavy (non-hydrogen) atoms. The number of aromatic carboxylic acids is 1. The van der Waals surface area contributed by atoms with Crippen LogP contribution in [-0.4, -0.2) is 39.3 Å². The largest absolute Gasteiger partial charge is 0.476 e. The molecular formula is C25H21N3O6S. The number of aromatic nitrogens is 2. The number of carbonyl (C=O) groups is 3. The molecule has 1 unspecified atom stereocenters. The number of ether oxygens (including phenoxy) is 1. The fraction of sp³-hybridized carbons (Fsp3) is 0.160. The Hall–Kier alpha value is -4.31. The van der Waals surface area contributed by atoms with Crippen molar-refractivity contribution in [1.29, 1.82) is 0 Å². The maximum absolute atomic E-state index is 13.2. The Morgan fingerprint density at radius 2 is 1.74 bits per heavy atom. The number of fused-ring (bicyclic) bond motifs is 1. The molecule has 0 bridgehead atoms. The Bertz CT molecular complexity index is 1490.